The van der Waals surface area contributed by atoms with Crippen molar-refractivity contribution in [1.29, 1.82) is 0 Å². The van der Waals surface area contributed by atoms with Crippen molar-refractivity contribution in [2.24, 2.45) is 0 Å². The van der Waals surface area contributed by atoms with Crippen LogP contribution in [-0.4, -0.2) is 24.8 Å². The molecule has 0 fully saturated rings. The minimum Gasteiger partial charge on any atom is -0.504 e. The first kappa shape index (κ1) is 34.1. The molecule has 0 heterocycles. The fourth-order valence-corrected chi connectivity index (χ4v) is 5.26. The van der Waals surface area contributed by atoms with Crippen molar-refractivity contribution in [1.82, 2.24) is 0 Å². The summed E-state index contributed by atoms with van der Waals surface area (Å²) in [4.78, 5) is 11.4. The molecule has 1 N–H and O–H groups in total. The Morgan fingerprint density at radius 1 is 0.789 bits per heavy atom. The maximum atomic E-state index is 11.4. The zero-order chi connectivity index (χ0) is 27.7. The van der Waals surface area contributed by atoms with Gasteiger partial charge in [0.2, 0.25) is 0 Å². The quantitative estimate of drug-likeness (QED) is 0.0735. The summed E-state index contributed by atoms with van der Waals surface area (Å²) in [5, 5.41) is 9.94. The number of carbonyl (C=O) groups excluding carboxylic acids is 1. The van der Waals surface area contributed by atoms with Crippen LogP contribution in [0.4, 0.5) is 0 Å². The van der Waals surface area contributed by atoms with Gasteiger partial charge < -0.3 is 14.6 Å². The molecule has 0 aliphatic heterocycles. The number of hydrogen-bond donors (Lipinski definition) is 1. The van der Waals surface area contributed by atoms with Crippen LogP contribution in [-0.2, 0) is 9.53 Å². The zero-order valence-electron chi connectivity index (χ0n) is 24.8. The van der Waals surface area contributed by atoms with E-state index in [1.54, 1.807) is 13.2 Å². The fraction of sp³-hybridized carbons (Fsp3) is 0.735. The van der Waals surface area contributed by atoms with Gasteiger partial charge in [-0.25, -0.2) is 4.79 Å². The van der Waals surface area contributed by atoms with E-state index in [4.69, 9.17) is 9.47 Å². The van der Waals surface area contributed by atoms with Gasteiger partial charge in [0.05, 0.1) is 13.7 Å². The van der Waals surface area contributed by atoms with Crippen LogP contribution in [0, 0.1) is 0 Å². The van der Waals surface area contributed by atoms with Crippen LogP contribution < -0.4 is 4.74 Å². The number of phenolic OH excluding ortho intramolecular Hbond substituents is 1. The summed E-state index contributed by atoms with van der Waals surface area (Å²) >= 11 is 0. The van der Waals surface area contributed by atoms with E-state index in [0.717, 1.165) is 24.8 Å². The predicted molar refractivity (Wildman–Crippen MR) is 161 cm³/mol. The number of hydrogen-bond acceptors (Lipinski definition) is 4. The highest BCUT2D eigenvalue weighted by Gasteiger charge is 2.15. The molecule has 0 bridgehead atoms. The molecule has 0 aliphatic rings. The molecular weight excluding hydrogens is 472 g/mol. The Labute approximate surface area is 234 Å². The van der Waals surface area contributed by atoms with Gasteiger partial charge in [-0.05, 0) is 36.5 Å². The molecule has 38 heavy (non-hydrogen) atoms. The number of aromatic hydroxyl groups is 1. The summed E-state index contributed by atoms with van der Waals surface area (Å²) in [6.07, 6.45) is 29.2. The van der Waals surface area contributed by atoms with Gasteiger partial charge in [-0.15, -0.1) is 0 Å². The van der Waals surface area contributed by atoms with Gasteiger partial charge in [0.1, 0.15) is 0 Å². The van der Waals surface area contributed by atoms with Crippen LogP contribution in [0.15, 0.2) is 30.9 Å². The lowest BCUT2D eigenvalue weighted by Gasteiger charge is -2.18. The second-order valence-electron chi connectivity index (χ2n) is 10.9. The normalized spacial score (nSPS) is 11.8. The largest absolute Gasteiger partial charge is 0.504 e. The van der Waals surface area contributed by atoms with Crippen molar-refractivity contribution in [3.05, 3.63) is 36.4 Å². The van der Waals surface area contributed by atoms with Crippen molar-refractivity contribution in [2.45, 2.75) is 148 Å². The van der Waals surface area contributed by atoms with E-state index < -0.39 is 0 Å². The molecule has 1 rings (SSSR count). The second kappa shape index (κ2) is 24.1. The topological polar surface area (TPSA) is 55.8 Å². The standard InChI is InChI=1S/C34H58O4/c1-4-6-7-8-9-10-11-12-13-14-15-16-17-18-19-20-21-22-23-24-30(27-28-38-34(36)5-2)31-25-26-32(35)33(29-31)37-3/h5,25-26,29-30,35H,2,4,6-24,27-28H2,1,3H3. The number of rotatable bonds is 26. The van der Waals surface area contributed by atoms with Crippen molar-refractivity contribution in [3.8, 4) is 11.5 Å². The third-order valence-electron chi connectivity index (χ3n) is 7.71. The number of esters is 1. The highest BCUT2D eigenvalue weighted by molar-refractivity contribution is 5.81. The lowest BCUT2D eigenvalue weighted by atomic mass is 9.90. The summed E-state index contributed by atoms with van der Waals surface area (Å²) in [5.74, 6) is 0.531. The molecule has 1 atom stereocenters. The van der Waals surface area contributed by atoms with Crippen LogP contribution in [0.25, 0.3) is 0 Å². The molecule has 4 heteroatoms. The molecule has 0 spiro atoms. The average Bonchev–Trinajstić information content (AvgIpc) is 2.93. The number of benzene rings is 1. The molecule has 0 radical (unpaired) electrons. The van der Waals surface area contributed by atoms with E-state index in [2.05, 4.69) is 13.5 Å². The number of unbranched alkanes of at least 4 members (excludes halogenated alkanes) is 18. The summed E-state index contributed by atoms with van der Waals surface area (Å²) in [5.41, 5.74) is 1.12. The Morgan fingerprint density at radius 3 is 1.71 bits per heavy atom. The molecule has 0 amide bonds. The van der Waals surface area contributed by atoms with Gasteiger partial charge in [0.15, 0.2) is 11.5 Å². The number of phenols is 1. The molecule has 0 saturated heterocycles. The van der Waals surface area contributed by atoms with Crippen molar-refractivity contribution in [2.75, 3.05) is 13.7 Å². The first-order valence-electron chi connectivity index (χ1n) is 15.8. The molecule has 218 valence electrons. The molecule has 1 aromatic carbocycles. The average molecular weight is 531 g/mol. The van der Waals surface area contributed by atoms with Gasteiger partial charge >= 0.3 is 5.97 Å². The molecule has 0 aromatic heterocycles. The van der Waals surface area contributed by atoms with Crippen LogP contribution in [0.2, 0.25) is 0 Å². The fourth-order valence-electron chi connectivity index (χ4n) is 5.26. The number of methoxy groups -OCH3 is 1. The smallest absolute Gasteiger partial charge is 0.330 e. The summed E-state index contributed by atoms with van der Waals surface area (Å²) in [6, 6.07) is 5.55. The Balaban J connectivity index is 2.08. The number of ether oxygens (including phenoxy) is 2. The SMILES string of the molecule is C=CC(=O)OCCC(CCCCCCCCCCCCCCCCCCCCC)c1ccc(O)c(OC)c1. The van der Waals surface area contributed by atoms with E-state index in [0.29, 0.717) is 12.4 Å². The number of carbonyl (C=O) groups is 1. The third kappa shape index (κ3) is 17.5. The molecule has 1 aromatic rings. The maximum absolute atomic E-state index is 11.4. The van der Waals surface area contributed by atoms with Crippen LogP contribution in [0.3, 0.4) is 0 Å². The minimum absolute atomic E-state index is 0.150. The molecule has 0 aliphatic carbocycles. The molecule has 4 nitrogen and oxygen atoms in total. The Hall–Kier alpha value is -1.97. The van der Waals surface area contributed by atoms with Gasteiger partial charge in [0.25, 0.3) is 0 Å². The monoisotopic (exact) mass is 530 g/mol. The highest BCUT2D eigenvalue weighted by Crippen LogP contribution is 2.33. The first-order chi connectivity index (χ1) is 18.6. The van der Waals surface area contributed by atoms with Gasteiger partial charge in [-0.1, -0.05) is 142 Å². The van der Waals surface area contributed by atoms with E-state index in [-0.39, 0.29) is 17.6 Å². The molecular formula is C34H58O4. The van der Waals surface area contributed by atoms with Gasteiger partial charge in [-0.3, -0.25) is 0 Å². The van der Waals surface area contributed by atoms with Gasteiger partial charge in [0, 0.05) is 6.08 Å². The van der Waals surface area contributed by atoms with E-state index in [1.165, 1.54) is 122 Å². The summed E-state index contributed by atoms with van der Waals surface area (Å²) in [7, 11) is 1.57. The highest BCUT2D eigenvalue weighted by atomic mass is 16.5. The van der Waals surface area contributed by atoms with Crippen LogP contribution in [0.5, 0.6) is 11.5 Å². The first-order valence-corrected chi connectivity index (χ1v) is 15.8. The Bertz CT molecular complexity index is 714. The van der Waals surface area contributed by atoms with Crippen molar-refractivity contribution < 1.29 is 19.4 Å². The lowest BCUT2D eigenvalue weighted by Crippen LogP contribution is -2.08. The van der Waals surface area contributed by atoms with Crippen molar-refractivity contribution in [3.63, 3.8) is 0 Å². The lowest BCUT2D eigenvalue weighted by molar-refractivity contribution is -0.137. The third-order valence-corrected chi connectivity index (χ3v) is 7.71. The molecule has 1 unspecified atom stereocenters. The minimum atomic E-state index is -0.379. The second-order valence-corrected chi connectivity index (χ2v) is 10.9. The molecule has 0 saturated carbocycles. The summed E-state index contributed by atoms with van der Waals surface area (Å²) in [6.45, 7) is 6.12. The summed E-state index contributed by atoms with van der Waals surface area (Å²) < 4.78 is 10.5. The Kier molecular flexibility index (Phi) is 21.6. The van der Waals surface area contributed by atoms with Crippen LogP contribution in [0.1, 0.15) is 153 Å². The van der Waals surface area contributed by atoms with E-state index in [9.17, 15) is 9.90 Å². The predicted octanol–water partition coefficient (Wildman–Crippen LogP) is 10.4. The van der Waals surface area contributed by atoms with Crippen LogP contribution >= 0.6 is 0 Å². The van der Waals surface area contributed by atoms with Gasteiger partial charge in [-0.2, -0.15) is 0 Å². The van der Waals surface area contributed by atoms with E-state index in [1.807, 2.05) is 12.1 Å². The van der Waals surface area contributed by atoms with Crippen molar-refractivity contribution >= 4 is 5.97 Å². The Morgan fingerprint density at radius 2 is 1.26 bits per heavy atom. The maximum Gasteiger partial charge on any atom is 0.330 e. The van der Waals surface area contributed by atoms with E-state index >= 15 is 0 Å². The zero-order valence-corrected chi connectivity index (χ0v) is 24.8.